The zero-order chi connectivity index (χ0) is 17.9. The topological polar surface area (TPSA) is 58.4 Å². The van der Waals surface area contributed by atoms with Gasteiger partial charge in [-0.05, 0) is 42.7 Å². The van der Waals surface area contributed by atoms with E-state index in [-0.39, 0.29) is 24.2 Å². The molecule has 3 aromatic rings. The van der Waals surface area contributed by atoms with Crippen LogP contribution in [0.25, 0.3) is 11.1 Å². The second-order valence-corrected chi connectivity index (χ2v) is 6.56. The summed E-state index contributed by atoms with van der Waals surface area (Å²) < 4.78 is 18.8. The summed E-state index contributed by atoms with van der Waals surface area (Å²) in [6.07, 6.45) is 2.27. The lowest BCUT2D eigenvalue weighted by atomic mass is 10.1. The highest BCUT2D eigenvalue weighted by atomic mass is 19.1. The van der Waals surface area contributed by atoms with Gasteiger partial charge < -0.3 is 14.6 Å². The molecule has 134 valence electrons. The largest absolute Gasteiger partial charge is 0.423 e. The van der Waals surface area contributed by atoms with E-state index in [1.54, 1.807) is 12.1 Å². The molecule has 0 radical (unpaired) electrons. The van der Waals surface area contributed by atoms with Crippen LogP contribution in [0.15, 0.2) is 52.9 Å². The minimum Gasteiger partial charge on any atom is -0.423 e. The van der Waals surface area contributed by atoms with Crippen molar-refractivity contribution in [1.82, 2.24) is 10.3 Å². The van der Waals surface area contributed by atoms with Crippen molar-refractivity contribution in [3.05, 3.63) is 59.9 Å². The number of hydrogen-bond donors (Lipinski definition) is 1. The zero-order valence-electron chi connectivity index (χ0n) is 14.3. The van der Waals surface area contributed by atoms with Crippen LogP contribution in [-0.4, -0.2) is 30.0 Å². The average Bonchev–Trinajstić information content (AvgIpc) is 3.28. The molecule has 1 aromatic heterocycles. The molecule has 0 spiro atoms. The van der Waals surface area contributed by atoms with Crippen molar-refractivity contribution < 1.29 is 13.6 Å². The summed E-state index contributed by atoms with van der Waals surface area (Å²) in [6, 6.07) is 14.5. The first-order chi connectivity index (χ1) is 12.7. The average molecular weight is 353 g/mol. The van der Waals surface area contributed by atoms with Gasteiger partial charge in [-0.15, -0.1) is 0 Å². The number of carbonyl (C=O) groups excluding carboxylic acids is 1. The van der Waals surface area contributed by atoms with Crippen molar-refractivity contribution in [1.29, 1.82) is 0 Å². The summed E-state index contributed by atoms with van der Waals surface area (Å²) in [5, 5.41) is 2.98. The summed E-state index contributed by atoms with van der Waals surface area (Å²) in [5.74, 6) is -0.366. The van der Waals surface area contributed by atoms with Crippen molar-refractivity contribution in [3.8, 4) is 0 Å². The lowest BCUT2D eigenvalue weighted by molar-refractivity contribution is -0.120. The molecule has 6 heteroatoms. The fourth-order valence-electron chi connectivity index (χ4n) is 3.36. The molecule has 1 atom stereocenters. The molecule has 0 saturated carbocycles. The number of benzene rings is 2. The maximum atomic E-state index is 12.9. The van der Waals surface area contributed by atoms with Crippen LogP contribution in [0.3, 0.4) is 0 Å². The number of para-hydroxylation sites is 2. The minimum absolute atomic E-state index is 0.0685. The molecule has 0 aliphatic carbocycles. The van der Waals surface area contributed by atoms with E-state index in [2.05, 4.69) is 15.2 Å². The monoisotopic (exact) mass is 353 g/mol. The van der Waals surface area contributed by atoms with Gasteiger partial charge in [-0.25, -0.2) is 4.39 Å². The van der Waals surface area contributed by atoms with Crippen LogP contribution in [0.1, 0.15) is 18.4 Å². The van der Waals surface area contributed by atoms with Gasteiger partial charge in [-0.2, -0.15) is 4.98 Å². The maximum Gasteiger partial charge on any atom is 0.298 e. The first-order valence-corrected chi connectivity index (χ1v) is 8.82. The van der Waals surface area contributed by atoms with Gasteiger partial charge in [0.1, 0.15) is 11.3 Å². The Bertz CT molecular complexity index is 874. The van der Waals surface area contributed by atoms with Gasteiger partial charge >= 0.3 is 0 Å². The van der Waals surface area contributed by atoms with Gasteiger partial charge in [-0.1, -0.05) is 24.3 Å². The normalized spacial score (nSPS) is 17.0. The van der Waals surface area contributed by atoms with Crippen molar-refractivity contribution in [2.45, 2.75) is 25.3 Å². The van der Waals surface area contributed by atoms with E-state index in [9.17, 15) is 9.18 Å². The molecule has 26 heavy (non-hydrogen) atoms. The fraction of sp³-hybridized carbons (Fsp3) is 0.300. The predicted molar refractivity (Wildman–Crippen MR) is 97.5 cm³/mol. The lowest BCUT2D eigenvalue weighted by Crippen LogP contribution is -2.40. The van der Waals surface area contributed by atoms with E-state index < -0.39 is 0 Å². The number of hydrogen-bond acceptors (Lipinski definition) is 4. The number of carbonyl (C=O) groups is 1. The molecular weight excluding hydrogens is 333 g/mol. The van der Waals surface area contributed by atoms with Gasteiger partial charge in [-0.3, -0.25) is 4.79 Å². The number of amides is 1. The maximum absolute atomic E-state index is 12.9. The second-order valence-electron chi connectivity index (χ2n) is 6.56. The van der Waals surface area contributed by atoms with Gasteiger partial charge in [0.15, 0.2) is 5.58 Å². The number of halogens is 1. The Morgan fingerprint density at radius 1 is 1.23 bits per heavy atom. The van der Waals surface area contributed by atoms with E-state index in [0.717, 1.165) is 36.0 Å². The third-order valence-electron chi connectivity index (χ3n) is 4.72. The molecule has 1 fully saturated rings. The van der Waals surface area contributed by atoms with Crippen molar-refractivity contribution >= 4 is 23.0 Å². The molecule has 1 amide bonds. The van der Waals surface area contributed by atoms with E-state index in [4.69, 9.17) is 4.42 Å². The molecular formula is C20H20FN3O2. The molecule has 1 unspecified atom stereocenters. The van der Waals surface area contributed by atoms with Gasteiger partial charge in [0.2, 0.25) is 5.91 Å². The van der Waals surface area contributed by atoms with E-state index in [0.29, 0.717) is 12.6 Å². The van der Waals surface area contributed by atoms with E-state index in [1.165, 1.54) is 12.1 Å². The molecule has 0 bridgehead atoms. The van der Waals surface area contributed by atoms with Crippen LogP contribution in [0, 0.1) is 5.82 Å². The Morgan fingerprint density at radius 2 is 2.04 bits per heavy atom. The van der Waals surface area contributed by atoms with Gasteiger partial charge in [0.25, 0.3) is 6.01 Å². The number of fused-ring (bicyclic) bond motifs is 1. The van der Waals surface area contributed by atoms with Gasteiger partial charge in [0.05, 0.1) is 12.5 Å². The fourth-order valence-corrected chi connectivity index (χ4v) is 3.36. The van der Waals surface area contributed by atoms with Crippen LogP contribution < -0.4 is 10.2 Å². The number of aromatic nitrogens is 1. The number of rotatable bonds is 5. The quantitative estimate of drug-likeness (QED) is 0.765. The standard InChI is InChI=1S/C20H20FN3O2/c21-15-9-7-14(8-10-15)12-19(25)22-13-16-4-3-11-24(16)20-23-17-5-1-2-6-18(17)26-20/h1-2,5-10,16H,3-4,11-13H2,(H,22,25). The third kappa shape index (κ3) is 3.54. The predicted octanol–water partition coefficient (Wildman–Crippen LogP) is 3.29. The zero-order valence-corrected chi connectivity index (χ0v) is 14.3. The van der Waals surface area contributed by atoms with E-state index >= 15 is 0 Å². The molecule has 1 aliphatic rings. The first kappa shape index (κ1) is 16.6. The van der Waals surface area contributed by atoms with Gasteiger partial charge in [0, 0.05) is 13.1 Å². The van der Waals surface area contributed by atoms with Crippen LogP contribution in [0.2, 0.25) is 0 Å². The lowest BCUT2D eigenvalue weighted by Gasteiger charge is -2.23. The molecule has 4 rings (SSSR count). The van der Waals surface area contributed by atoms with E-state index in [1.807, 2.05) is 24.3 Å². The summed E-state index contributed by atoms with van der Waals surface area (Å²) in [4.78, 5) is 18.9. The Labute approximate surface area is 150 Å². The minimum atomic E-state index is -0.297. The summed E-state index contributed by atoms with van der Waals surface area (Å²) >= 11 is 0. The van der Waals surface area contributed by atoms with Crippen molar-refractivity contribution in [2.75, 3.05) is 18.0 Å². The highest BCUT2D eigenvalue weighted by Crippen LogP contribution is 2.27. The first-order valence-electron chi connectivity index (χ1n) is 8.82. The molecule has 1 N–H and O–H groups in total. The number of nitrogens with zero attached hydrogens (tertiary/aromatic N) is 2. The van der Waals surface area contributed by atoms with Crippen LogP contribution in [-0.2, 0) is 11.2 Å². The number of anilines is 1. The van der Waals surface area contributed by atoms with Crippen molar-refractivity contribution in [2.24, 2.45) is 0 Å². The van der Waals surface area contributed by atoms with Crippen molar-refractivity contribution in [3.63, 3.8) is 0 Å². The highest BCUT2D eigenvalue weighted by molar-refractivity contribution is 5.78. The summed E-state index contributed by atoms with van der Waals surface area (Å²) in [5.41, 5.74) is 2.41. The number of nitrogens with one attached hydrogen (secondary N) is 1. The molecule has 1 saturated heterocycles. The smallest absolute Gasteiger partial charge is 0.298 e. The third-order valence-corrected chi connectivity index (χ3v) is 4.72. The van der Waals surface area contributed by atoms with Crippen LogP contribution in [0.4, 0.5) is 10.4 Å². The molecule has 1 aliphatic heterocycles. The van der Waals surface area contributed by atoms with Crippen LogP contribution >= 0.6 is 0 Å². The Hall–Kier alpha value is -2.89. The van der Waals surface area contributed by atoms with Crippen LogP contribution in [0.5, 0.6) is 0 Å². The SMILES string of the molecule is O=C(Cc1ccc(F)cc1)NCC1CCCN1c1nc2ccccc2o1. The Kier molecular flexibility index (Phi) is 4.56. The Morgan fingerprint density at radius 3 is 2.85 bits per heavy atom. The molecule has 2 aromatic carbocycles. The highest BCUT2D eigenvalue weighted by Gasteiger charge is 2.28. The molecule has 5 nitrogen and oxygen atoms in total. The summed E-state index contributed by atoms with van der Waals surface area (Å²) in [6.45, 7) is 1.41. The molecule has 2 heterocycles. The Balaban J connectivity index is 1.37. The summed E-state index contributed by atoms with van der Waals surface area (Å²) in [7, 11) is 0. The number of oxazole rings is 1. The second kappa shape index (κ2) is 7.15.